The lowest BCUT2D eigenvalue weighted by atomic mass is 10.1. The number of hydrogen-bond acceptors (Lipinski definition) is 4. The van der Waals surface area contributed by atoms with Gasteiger partial charge in [-0.25, -0.2) is 4.79 Å². The van der Waals surface area contributed by atoms with Crippen molar-refractivity contribution in [3.8, 4) is 0 Å². The summed E-state index contributed by atoms with van der Waals surface area (Å²) in [6.07, 6.45) is 1.35. The summed E-state index contributed by atoms with van der Waals surface area (Å²) in [4.78, 5) is 38.4. The molecular weight excluding hydrogens is 344 g/mol. The molecular formula is C21H20N2O4. The Kier molecular flexibility index (Phi) is 5.35. The van der Waals surface area contributed by atoms with Crippen LogP contribution in [0, 0.1) is 0 Å². The van der Waals surface area contributed by atoms with Crippen molar-refractivity contribution in [3.63, 3.8) is 0 Å². The number of carbonyl (C=O) groups is 2. The van der Waals surface area contributed by atoms with Crippen molar-refractivity contribution in [1.82, 2.24) is 4.57 Å². The first kappa shape index (κ1) is 18.4. The highest BCUT2D eigenvalue weighted by Crippen LogP contribution is 2.26. The summed E-state index contributed by atoms with van der Waals surface area (Å²) in [5.74, 6) is -0.796. The highest BCUT2D eigenvalue weighted by molar-refractivity contribution is 6.03. The lowest BCUT2D eigenvalue weighted by molar-refractivity contribution is -0.119. The third-order valence-electron chi connectivity index (χ3n) is 4.38. The average molecular weight is 364 g/mol. The van der Waals surface area contributed by atoms with Gasteiger partial charge in [0, 0.05) is 24.2 Å². The molecule has 0 saturated heterocycles. The number of aromatic nitrogens is 1. The van der Waals surface area contributed by atoms with E-state index in [9.17, 15) is 14.4 Å². The van der Waals surface area contributed by atoms with Crippen LogP contribution in [-0.4, -0.2) is 30.1 Å². The Labute approximate surface area is 156 Å². The molecule has 138 valence electrons. The van der Waals surface area contributed by atoms with Crippen molar-refractivity contribution in [2.75, 3.05) is 18.6 Å². The predicted molar refractivity (Wildman–Crippen MR) is 104 cm³/mol. The van der Waals surface area contributed by atoms with E-state index in [0.717, 1.165) is 16.5 Å². The van der Waals surface area contributed by atoms with Gasteiger partial charge in [-0.2, -0.15) is 0 Å². The quantitative estimate of drug-likeness (QED) is 0.653. The zero-order valence-corrected chi connectivity index (χ0v) is 15.2. The Balaban J connectivity index is 1.95. The normalized spacial score (nSPS) is 10.6. The molecule has 0 aliphatic carbocycles. The summed E-state index contributed by atoms with van der Waals surface area (Å²) in [7, 11) is 1.27. The average Bonchev–Trinajstić information content (AvgIpc) is 2.69. The van der Waals surface area contributed by atoms with E-state index in [-0.39, 0.29) is 23.6 Å². The number of anilines is 1. The molecule has 0 radical (unpaired) electrons. The van der Waals surface area contributed by atoms with Gasteiger partial charge in [0.15, 0.2) is 0 Å². The van der Waals surface area contributed by atoms with Crippen LogP contribution in [0.25, 0.3) is 10.8 Å². The Morgan fingerprint density at radius 2 is 1.78 bits per heavy atom. The summed E-state index contributed by atoms with van der Waals surface area (Å²) in [5.41, 5.74) is 0.654. The van der Waals surface area contributed by atoms with Crippen LogP contribution < -0.4 is 10.5 Å². The molecule has 27 heavy (non-hydrogen) atoms. The fraction of sp³-hybridized carbons (Fsp3) is 0.190. The number of hydrogen-bond donors (Lipinski definition) is 0. The van der Waals surface area contributed by atoms with Crippen molar-refractivity contribution in [2.45, 2.75) is 13.5 Å². The smallest absolute Gasteiger partial charge is 0.339 e. The lowest BCUT2D eigenvalue weighted by Crippen LogP contribution is -2.36. The maximum absolute atomic E-state index is 12.9. The molecule has 1 heterocycles. The molecule has 6 heteroatoms. The molecule has 0 bridgehead atoms. The molecule has 1 aromatic heterocycles. The van der Waals surface area contributed by atoms with Crippen LogP contribution in [0.15, 0.2) is 65.6 Å². The number of methoxy groups -OCH3 is 1. The van der Waals surface area contributed by atoms with E-state index in [2.05, 4.69) is 4.74 Å². The van der Waals surface area contributed by atoms with E-state index in [1.54, 1.807) is 4.90 Å². The van der Waals surface area contributed by atoms with Crippen LogP contribution in [-0.2, 0) is 16.1 Å². The number of rotatable bonds is 5. The molecule has 6 nitrogen and oxygen atoms in total. The zero-order chi connectivity index (χ0) is 19.4. The minimum atomic E-state index is -0.558. The van der Waals surface area contributed by atoms with Gasteiger partial charge in [0.2, 0.25) is 5.91 Å². The number of esters is 1. The van der Waals surface area contributed by atoms with E-state index < -0.39 is 5.97 Å². The third-order valence-corrected chi connectivity index (χ3v) is 4.38. The monoisotopic (exact) mass is 364 g/mol. The molecule has 0 atom stereocenters. The first-order valence-corrected chi connectivity index (χ1v) is 8.62. The lowest BCUT2D eigenvalue weighted by Gasteiger charge is -2.23. The number of likely N-dealkylation sites (N-methyl/N-ethyl adjacent to an activating group) is 1. The van der Waals surface area contributed by atoms with Crippen LogP contribution in [0.1, 0.15) is 17.3 Å². The number of pyridine rings is 1. The summed E-state index contributed by atoms with van der Waals surface area (Å²) in [5, 5.41) is 2.00. The summed E-state index contributed by atoms with van der Waals surface area (Å²) >= 11 is 0. The second-order valence-electron chi connectivity index (χ2n) is 6.01. The molecule has 0 aliphatic rings. The Hall–Kier alpha value is -3.41. The largest absolute Gasteiger partial charge is 0.465 e. The van der Waals surface area contributed by atoms with Crippen molar-refractivity contribution in [3.05, 3.63) is 76.7 Å². The van der Waals surface area contributed by atoms with E-state index in [4.69, 9.17) is 0 Å². The summed E-state index contributed by atoms with van der Waals surface area (Å²) in [6.45, 7) is 2.17. The van der Waals surface area contributed by atoms with Gasteiger partial charge in [0.1, 0.15) is 6.54 Å². The van der Waals surface area contributed by atoms with Crippen LogP contribution in [0.5, 0.6) is 0 Å². The van der Waals surface area contributed by atoms with Crippen LogP contribution in [0.4, 0.5) is 5.69 Å². The molecule has 0 unspecified atom stereocenters. The minimum absolute atomic E-state index is 0.166. The fourth-order valence-electron chi connectivity index (χ4n) is 3.05. The molecule has 0 fully saturated rings. The van der Waals surface area contributed by atoms with E-state index >= 15 is 0 Å². The Morgan fingerprint density at radius 3 is 2.52 bits per heavy atom. The van der Waals surface area contributed by atoms with Gasteiger partial charge in [0.05, 0.1) is 18.4 Å². The van der Waals surface area contributed by atoms with Crippen LogP contribution in [0.3, 0.4) is 0 Å². The second-order valence-corrected chi connectivity index (χ2v) is 6.01. The van der Waals surface area contributed by atoms with Crippen LogP contribution in [0.2, 0.25) is 0 Å². The Bertz CT molecular complexity index is 1050. The van der Waals surface area contributed by atoms with E-state index in [1.807, 2.05) is 49.4 Å². The van der Waals surface area contributed by atoms with Gasteiger partial charge in [0.25, 0.3) is 5.56 Å². The molecule has 2 aromatic carbocycles. The van der Waals surface area contributed by atoms with Gasteiger partial charge in [-0.15, -0.1) is 0 Å². The van der Waals surface area contributed by atoms with Crippen molar-refractivity contribution in [1.29, 1.82) is 0 Å². The number of amides is 1. The fourth-order valence-corrected chi connectivity index (χ4v) is 3.05. The van der Waals surface area contributed by atoms with Crippen LogP contribution >= 0.6 is 0 Å². The molecule has 0 spiro atoms. The van der Waals surface area contributed by atoms with Crippen molar-refractivity contribution in [2.24, 2.45) is 0 Å². The molecule has 1 amide bonds. The van der Waals surface area contributed by atoms with Gasteiger partial charge in [-0.05, 0) is 24.4 Å². The highest BCUT2D eigenvalue weighted by atomic mass is 16.5. The number of carbonyl (C=O) groups excluding carboxylic acids is 2. The zero-order valence-electron chi connectivity index (χ0n) is 15.2. The molecule has 0 saturated carbocycles. The predicted octanol–water partition coefficient (Wildman–Crippen LogP) is 2.84. The van der Waals surface area contributed by atoms with Gasteiger partial charge < -0.3 is 14.2 Å². The van der Waals surface area contributed by atoms with Gasteiger partial charge >= 0.3 is 5.97 Å². The van der Waals surface area contributed by atoms with E-state index in [1.165, 1.54) is 30.0 Å². The highest BCUT2D eigenvalue weighted by Gasteiger charge is 2.18. The maximum atomic E-state index is 12.9. The SMILES string of the molecule is CCN(C(=O)Cn1cc(C(=O)OC)ccc1=O)c1cccc2ccccc12. The van der Waals surface area contributed by atoms with Gasteiger partial charge in [-0.3, -0.25) is 9.59 Å². The Morgan fingerprint density at radius 1 is 1.04 bits per heavy atom. The number of ether oxygens (including phenoxy) is 1. The summed E-state index contributed by atoms with van der Waals surface area (Å²) in [6, 6.07) is 16.2. The molecule has 3 rings (SSSR count). The summed E-state index contributed by atoms with van der Waals surface area (Å²) < 4.78 is 5.90. The molecule has 0 N–H and O–H groups in total. The minimum Gasteiger partial charge on any atom is -0.465 e. The number of fused-ring (bicyclic) bond motifs is 1. The van der Waals surface area contributed by atoms with Crippen molar-refractivity contribution < 1.29 is 14.3 Å². The number of nitrogens with zero attached hydrogens (tertiary/aromatic N) is 2. The standard InChI is InChI=1S/C21H20N2O4/c1-3-23(18-10-6-8-15-7-4-5-9-17(15)18)20(25)14-22-13-16(21(26)27-2)11-12-19(22)24/h4-13H,3,14H2,1-2H3. The first-order chi connectivity index (χ1) is 13.0. The van der Waals surface area contributed by atoms with Gasteiger partial charge in [-0.1, -0.05) is 36.4 Å². The first-order valence-electron chi connectivity index (χ1n) is 8.62. The molecule has 0 aliphatic heterocycles. The van der Waals surface area contributed by atoms with E-state index in [0.29, 0.717) is 6.54 Å². The molecule has 3 aromatic rings. The third kappa shape index (κ3) is 3.74. The number of benzene rings is 2. The van der Waals surface area contributed by atoms with Crippen molar-refractivity contribution >= 4 is 28.3 Å². The maximum Gasteiger partial charge on any atom is 0.339 e. The topological polar surface area (TPSA) is 68.6 Å². The second kappa shape index (κ2) is 7.86.